The zero-order valence-electron chi connectivity index (χ0n) is 26.7. The number of benzene rings is 7. The fourth-order valence-corrected chi connectivity index (χ4v) is 8.01. The number of rotatable bonds is 5. The summed E-state index contributed by atoms with van der Waals surface area (Å²) in [5.41, 5.74) is 8.97. The summed E-state index contributed by atoms with van der Waals surface area (Å²) in [6, 6.07) is 57.0. The Bertz CT molecular complexity index is 2870. The van der Waals surface area contributed by atoms with E-state index in [0.717, 1.165) is 49.8 Å². The second-order valence-electron chi connectivity index (χ2n) is 12.4. The second-order valence-corrected chi connectivity index (χ2v) is 13.5. The van der Waals surface area contributed by atoms with Crippen molar-refractivity contribution in [3.8, 4) is 56.4 Å². The Morgan fingerprint density at radius 2 is 0.940 bits per heavy atom. The standard InChI is InChI=1S/C45H27N3OS/c1-2-10-28(11-3-1)31-12-8-13-32(26-31)29-20-22-30(23-21-29)43-46-44(33-24-25-36-35-15-5-7-19-40(35)50-41(36)27-33)48-45(47-43)38-17-9-16-37-34-14-4-6-18-39(34)49-42(37)38/h1-27H. The van der Waals surface area contributed by atoms with Gasteiger partial charge in [-0.3, -0.25) is 0 Å². The van der Waals surface area contributed by atoms with Gasteiger partial charge < -0.3 is 4.42 Å². The van der Waals surface area contributed by atoms with Crippen molar-refractivity contribution in [2.45, 2.75) is 0 Å². The van der Waals surface area contributed by atoms with Gasteiger partial charge in [0.25, 0.3) is 0 Å². The maximum absolute atomic E-state index is 6.43. The van der Waals surface area contributed by atoms with Crippen LogP contribution in [0, 0.1) is 0 Å². The monoisotopic (exact) mass is 657 g/mol. The fourth-order valence-electron chi connectivity index (χ4n) is 6.86. The Morgan fingerprint density at radius 3 is 1.78 bits per heavy atom. The van der Waals surface area contributed by atoms with E-state index in [1.54, 1.807) is 11.3 Å². The van der Waals surface area contributed by atoms with Crippen LogP contribution in [-0.2, 0) is 0 Å². The summed E-state index contributed by atoms with van der Waals surface area (Å²) < 4.78 is 8.90. The number of aromatic nitrogens is 3. The smallest absolute Gasteiger partial charge is 0.167 e. The van der Waals surface area contributed by atoms with E-state index in [4.69, 9.17) is 19.4 Å². The molecule has 4 nitrogen and oxygen atoms in total. The van der Waals surface area contributed by atoms with Crippen molar-refractivity contribution in [2.24, 2.45) is 0 Å². The van der Waals surface area contributed by atoms with E-state index in [2.05, 4.69) is 127 Å². The van der Waals surface area contributed by atoms with E-state index in [-0.39, 0.29) is 0 Å². The highest BCUT2D eigenvalue weighted by molar-refractivity contribution is 7.25. The first-order valence-corrected chi connectivity index (χ1v) is 17.4. The summed E-state index contributed by atoms with van der Waals surface area (Å²) in [5, 5.41) is 4.61. The summed E-state index contributed by atoms with van der Waals surface area (Å²) in [5.74, 6) is 1.81. The number of nitrogens with zero attached hydrogens (tertiary/aromatic N) is 3. The van der Waals surface area contributed by atoms with Gasteiger partial charge in [0.15, 0.2) is 17.5 Å². The van der Waals surface area contributed by atoms with Crippen LogP contribution >= 0.6 is 11.3 Å². The van der Waals surface area contributed by atoms with Gasteiger partial charge in [-0.15, -0.1) is 11.3 Å². The van der Waals surface area contributed by atoms with E-state index >= 15 is 0 Å². The van der Waals surface area contributed by atoms with Crippen molar-refractivity contribution < 1.29 is 4.42 Å². The summed E-state index contributed by atoms with van der Waals surface area (Å²) in [6.45, 7) is 0. The Balaban J connectivity index is 1.12. The molecule has 0 aliphatic heterocycles. The van der Waals surface area contributed by atoms with Gasteiger partial charge in [-0.25, -0.2) is 15.0 Å². The first-order valence-electron chi connectivity index (χ1n) is 16.6. The van der Waals surface area contributed by atoms with E-state index in [1.165, 1.54) is 31.3 Å². The highest BCUT2D eigenvalue weighted by Gasteiger charge is 2.18. The number of hydrogen-bond acceptors (Lipinski definition) is 5. The first-order chi connectivity index (χ1) is 24.7. The molecule has 0 atom stereocenters. The maximum atomic E-state index is 6.43. The quantitative estimate of drug-likeness (QED) is 0.185. The molecule has 10 rings (SSSR count). The van der Waals surface area contributed by atoms with Gasteiger partial charge in [0, 0.05) is 42.1 Å². The van der Waals surface area contributed by atoms with Crippen LogP contribution in [0.4, 0.5) is 0 Å². The molecular weight excluding hydrogens is 631 g/mol. The summed E-state index contributed by atoms with van der Waals surface area (Å²) >= 11 is 1.79. The van der Waals surface area contributed by atoms with Gasteiger partial charge in [-0.1, -0.05) is 133 Å². The largest absolute Gasteiger partial charge is 0.455 e. The molecule has 0 spiro atoms. The summed E-state index contributed by atoms with van der Waals surface area (Å²) in [6.07, 6.45) is 0. The third kappa shape index (κ3) is 4.87. The Hall–Kier alpha value is -6.43. The van der Waals surface area contributed by atoms with Crippen molar-refractivity contribution in [1.82, 2.24) is 15.0 Å². The molecule has 234 valence electrons. The van der Waals surface area contributed by atoms with Crippen molar-refractivity contribution in [2.75, 3.05) is 0 Å². The fraction of sp³-hybridized carbons (Fsp3) is 0. The molecule has 0 saturated carbocycles. The molecule has 50 heavy (non-hydrogen) atoms. The van der Waals surface area contributed by atoms with Crippen LogP contribution < -0.4 is 0 Å². The van der Waals surface area contributed by atoms with Gasteiger partial charge in [0.1, 0.15) is 11.2 Å². The SMILES string of the molecule is c1ccc(-c2cccc(-c3ccc(-c4nc(-c5ccc6c(c5)sc5ccccc56)nc(-c5cccc6c5oc5ccccc56)n4)cc3)c2)cc1. The lowest BCUT2D eigenvalue weighted by Gasteiger charge is -2.10. The van der Waals surface area contributed by atoms with Crippen LogP contribution in [0.3, 0.4) is 0 Å². The van der Waals surface area contributed by atoms with Crippen LogP contribution in [0.1, 0.15) is 0 Å². The molecule has 0 aliphatic rings. The minimum atomic E-state index is 0.575. The topological polar surface area (TPSA) is 51.8 Å². The minimum absolute atomic E-state index is 0.575. The lowest BCUT2D eigenvalue weighted by molar-refractivity contribution is 0.669. The zero-order chi connectivity index (χ0) is 33.0. The predicted molar refractivity (Wildman–Crippen MR) is 207 cm³/mol. The molecule has 5 heteroatoms. The molecule has 3 aromatic heterocycles. The molecule has 0 saturated heterocycles. The van der Waals surface area contributed by atoms with Crippen molar-refractivity contribution in [3.63, 3.8) is 0 Å². The van der Waals surface area contributed by atoms with Gasteiger partial charge in [-0.05, 0) is 52.6 Å². The average Bonchev–Trinajstić information content (AvgIpc) is 3.76. The first kappa shape index (κ1) is 28.6. The van der Waals surface area contributed by atoms with Gasteiger partial charge >= 0.3 is 0 Å². The zero-order valence-corrected chi connectivity index (χ0v) is 27.6. The lowest BCUT2D eigenvalue weighted by atomic mass is 9.98. The molecule has 10 aromatic rings. The van der Waals surface area contributed by atoms with Gasteiger partial charge in [0.05, 0.1) is 5.56 Å². The highest BCUT2D eigenvalue weighted by atomic mass is 32.1. The average molecular weight is 658 g/mol. The van der Waals surface area contributed by atoms with E-state index < -0.39 is 0 Å². The predicted octanol–water partition coefficient (Wildman–Crippen LogP) is 12.5. The van der Waals surface area contributed by atoms with Crippen molar-refractivity contribution >= 4 is 53.4 Å². The summed E-state index contributed by atoms with van der Waals surface area (Å²) in [4.78, 5) is 15.3. The number of furan rings is 1. The van der Waals surface area contributed by atoms with Crippen LogP contribution in [0.5, 0.6) is 0 Å². The van der Waals surface area contributed by atoms with Crippen LogP contribution in [-0.4, -0.2) is 15.0 Å². The third-order valence-corrected chi connectivity index (χ3v) is 10.5. The molecular formula is C45H27N3OS. The normalized spacial score (nSPS) is 11.6. The number of hydrogen-bond donors (Lipinski definition) is 0. The van der Waals surface area contributed by atoms with Crippen molar-refractivity contribution in [3.05, 3.63) is 164 Å². The Kier molecular flexibility index (Phi) is 6.64. The van der Waals surface area contributed by atoms with E-state index in [1.807, 2.05) is 36.4 Å². The molecule has 0 amide bonds. The molecule has 3 heterocycles. The number of fused-ring (bicyclic) bond motifs is 6. The Morgan fingerprint density at radius 1 is 0.360 bits per heavy atom. The van der Waals surface area contributed by atoms with Gasteiger partial charge in [-0.2, -0.15) is 0 Å². The van der Waals surface area contributed by atoms with Gasteiger partial charge in [0.2, 0.25) is 0 Å². The Labute approximate surface area is 292 Å². The molecule has 0 unspecified atom stereocenters. The summed E-state index contributed by atoms with van der Waals surface area (Å²) in [7, 11) is 0. The molecule has 7 aromatic carbocycles. The molecule has 0 aliphatic carbocycles. The minimum Gasteiger partial charge on any atom is -0.455 e. The van der Waals surface area contributed by atoms with Crippen molar-refractivity contribution in [1.29, 1.82) is 0 Å². The number of thiophene rings is 1. The number of para-hydroxylation sites is 2. The maximum Gasteiger partial charge on any atom is 0.167 e. The third-order valence-electron chi connectivity index (χ3n) is 9.36. The van der Waals surface area contributed by atoms with E-state index in [9.17, 15) is 0 Å². The highest BCUT2D eigenvalue weighted by Crippen LogP contribution is 2.38. The molecule has 0 N–H and O–H groups in total. The van der Waals surface area contributed by atoms with E-state index in [0.29, 0.717) is 17.5 Å². The molecule has 0 radical (unpaired) electrons. The second kappa shape index (κ2) is 11.6. The van der Waals surface area contributed by atoms with Crippen LogP contribution in [0.2, 0.25) is 0 Å². The molecule has 0 bridgehead atoms. The van der Waals surface area contributed by atoms with Crippen LogP contribution in [0.25, 0.3) is 98.5 Å². The lowest BCUT2D eigenvalue weighted by Crippen LogP contribution is -2.00. The molecule has 0 fully saturated rings. The van der Waals surface area contributed by atoms with Crippen LogP contribution in [0.15, 0.2) is 168 Å².